The predicted octanol–water partition coefficient (Wildman–Crippen LogP) is 2.79. The Labute approximate surface area is 156 Å². The summed E-state index contributed by atoms with van der Waals surface area (Å²) in [4.78, 5) is 4.25. The Morgan fingerprint density at radius 2 is 1.88 bits per heavy atom. The van der Waals surface area contributed by atoms with Crippen LogP contribution < -0.4 is 10.6 Å². The van der Waals surface area contributed by atoms with E-state index in [4.69, 9.17) is 4.74 Å². The first-order chi connectivity index (χ1) is 12.8. The van der Waals surface area contributed by atoms with Crippen LogP contribution in [0.15, 0.2) is 47.7 Å². The summed E-state index contributed by atoms with van der Waals surface area (Å²) in [6.07, 6.45) is 8.18. The van der Waals surface area contributed by atoms with Crippen molar-refractivity contribution in [1.82, 2.24) is 20.4 Å². The average Bonchev–Trinajstić information content (AvgIpc) is 3.15. The molecule has 0 bridgehead atoms. The number of ether oxygens (including phenoxy) is 1. The highest BCUT2D eigenvalue weighted by atomic mass is 16.5. The van der Waals surface area contributed by atoms with Crippen LogP contribution in [0.3, 0.4) is 0 Å². The summed E-state index contributed by atoms with van der Waals surface area (Å²) < 4.78 is 7.46. The molecule has 2 aromatic rings. The molecule has 0 amide bonds. The second-order valence-corrected chi connectivity index (χ2v) is 6.12. The van der Waals surface area contributed by atoms with Crippen LogP contribution in [0.5, 0.6) is 0 Å². The number of unbranched alkanes of at least 4 members (excludes halogenated alkanes) is 1. The summed E-state index contributed by atoms with van der Waals surface area (Å²) in [5.41, 5.74) is 2.27. The molecule has 0 saturated carbocycles. The van der Waals surface area contributed by atoms with Crippen LogP contribution in [0, 0.1) is 0 Å². The summed E-state index contributed by atoms with van der Waals surface area (Å²) in [7, 11) is 1.79. The van der Waals surface area contributed by atoms with Gasteiger partial charge in [-0.1, -0.05) is 31.5 Å². The molecule has 6 nitrogen and oxygen atoms in total. The molecule has 0 aliphatic carbocycles. The molecule has 6 heteroatoms. The van der Waals surface area contributed by atoms with Crippen molar-refractivity contribution in [2.24, 2.45) is 4.99 Å². The number of aliphatic imine (C=N–C) groups is 1. The third kappa shape index (κ3) is 7.27. The molecule has 0 atom stereocenters. The van der Waals surface area contributed by atoms with Crippen molar-refractivity contribution in [3.8, 4) is 5.69 Å². The van der Waals surface area contributed by atoms with Crippen molar-refractivity contribution >= 4 is 5.96 Å². The zero-order valence-corrected chi connectivity index (χ0v) is 15.9. The molecule has 1 heterocycles. The summed E-state index contributed by atoms with van der Waals surface area (Å²) in [6.45, 7) is 5.50. The van der Waals surface area contributed by atoms with Crippen LogP contribution in [-0.2, 0) is 11.2 Å². The number of rotatable bonds is 11. The summed E-state index contributed by atoms with van der Waals surface area (Å²) in [6, 6.07) is 10.1. The Morgan fingerprint density at radius 3 is 2.65 bits per heavy atom. The van der Waals surface area contributed by atoms with Crippen molar-refractivity contribution in [3.05, 3.63) is 48.3 Å². The Balaban J connectivity index is 1.63. The number of benzene rings is 1. The van der Waals surface area contributed by atoms with Gasteiger partial charge in [-0.15, -0.1) is 0 Å². The van der Waals surface area contributed by atoms with Crippen LogP contribution in [0.2, 0.25) is 0 Å². The van der Waals surface area contributed by atoms with Crippen LogP contribution in [-0.4, -0.2) is 49.1 Å². The predicted molar refractivity (Wildman–Crippen MR) is 107 cm³/mol. The van der Waals surface area contributed by atoms with E-state index in [9.17, 15) is 0 Å². The minimum Gasteiger partial charge on any atom is -0.381 e. The number of guanidine groups is 1. The van der Waals surface area contributed by atoms with E-state index < -0.39 is 0 Å². The molecule has 1 aromatic heterocycles. The minimum absolute atomic E-state index is 0.794. The third-order valence-corrected chi connectivity index (χ3v) is 3.99. The second-order valence-electron chi connectivity index (χ2n) is 6.12. The van der Waals surface area contributed by atoms with Gasteiger partial charge in [-0.25, -0.2) is 4.68 Å². The average molecular weight is 358 g/mol. The molecular weight excluding hydrogens is 326 g/mol. The first-order valence-corrected chi connectivity index (χ1v) is 9.44. The lowest BCUT2D eigenvalue weighted by molar-refractivity contribution is 0.129. The van der Waals surface area contributed by atoms with Gasteiger partial charge >= 0.3 is 0 Å². The van der Waals surface area contributed by atoms with Crippen LogP contribution in [0.25, 0.3) is 5.69 Å². The molecule has 0 aliphatic heterocycles. The molecule has 0 unspecified atom stereocenters. The normalized spacial score (nSPS) is 11.5. The van der Waals surface area contributed by atoms with Gasteiger partial charge in [0.05, 0.1) is 11.9 Å². The Bertz CT molecular complexity index is 639. The molecule has 1 aromatic carbocycles. The van der Waals surface area contributed by atoms with Gasteiger partial charge in [0.15, 0.2) is 5.96 Å². The number of hydrogen-bond acceptors (Lipinski definition) is 3. The van der Waals surface area contributed by atoms with E-state index in [-0.39, 0.29) is 0 Å². The number of hydrogen-bond donors (Lipinski definition) is 2. The number of para-hydroxylation sites is 1. The van der Waals surface area contributed by atoms with E-state index in [1.165, 1.54) is 12.0 Å². The maximum atomic E-state index is 5.56. The van der Waals surface area contributed by atoms with Gasteiger partial charge in [0.1, 0.15) is 0 Å². The van der Waals surface area contributed by atoms with Crippen molar-refractivity contribution in [2.45, 2.75) is 32.6 Å². The molecule has 0 saturated heterocycles. The fourth-order valence-electron chi connectivity index (χ4n) is 2.49. The van der Waals surface area contributed by atoms with Crippen molar-refractivity contribution in [2.75, 3.05) is 33.4 Å². The highest BCUT2D eigenvalue weighted by molar-refractivity contribution is 5.79. The molecule has 0 fully saturated rings. The topological polar surface area (TPSA) is 63.5 Å². The van der Waals surface area contributed by atoms with E-state index in [0.717, 1.165) is 57.2 Å². The van der Waals surface area contributed by atoms with Crippen molar-refractivity contribution in [3.63, 3.8) is 0 Å². The van der Waals surface area contributed by atoms with Crippen LogP contribution in [0.1, 0.15) is 31.7 Å². The first kappa shape index (κ1) is 20.0. The smallest absolute Gasteiger partial charge is 0.190 e. The lowest BCUT2D eigenvalue weighted by Crippen LogP contribution is -2.39. The van der Waals surface area contributed by atoms with Gasteiger partial charge in [0.25, 0.3) is 0 Å². The van der Waals surface area contributed by atoms with Crippen LogP contribution >= 0.6 is 0 Å². The SMILES string of the molecule is CCCCOCCCNC(=NC)NCCc1cnn(-c2ccccc2)c1. The summed E-state index contributed by atoms with van der Waals surface area (Å²) >= 11 is 0. The van der Waals surface area contributed by atoms with E-state index in [2.05, 4.69) is 33.8 Å². The number of nitrogens with one attached hydrogen (secondary N) is 2. The number of nitrogens with zero attached hydrogens (tertiary/aromatic N) is 3. The molecule has 2 N–H and O–H groups in total. The summed E-state index contributed by atoms with van der Waals surface area (Å²) in [5.74, 6) is 0.828. The molecule has 0 spiro atoms. The third-order valence-electron chi connectivity index (χ3n) is 3.99. The van der Waals surface area contributed by atoms with E-state index in [1.54, 1.807) is 7.05 Å². The molecule has 2 rings (SSSR count). The molecule has 0 aliphatic rings. The van der Waals surface area contributed by atoms with Crippen molar-refractivity contribution < 1.29 is 4.74 Å². The fraction of sp³-hybridized carbons (Fsp3) is 0.500. The Morgan fingerprint density at radius 1 is 1.12 bits per heavy atom. The number of aromatic nitrogens is 2. The zero-order chi connectivity index (χ0) is 18.5. The molecule has 0 radical (unpaired) electrons. The van der Waals surface area contributed by atoms with Gasteiger partial charge in [-0.2, -0.15) is 5.10 Å². The van der Waals surface area contributed by atoms with Gasteiger partial charge in [0, 0.05) is 39.5 Å². The lowest BCUT2D eigenvalue weighted by Gasteiger charge is -2.11. The standard InChI is InChI=1S/C20H31N5O/c1-3-4-14-26-15-8-12-22-20(21-2)23-13-11-18-16-24-25(17-18)19-9-6-5-7-10-19/h5-7,9-10,16-17H,3-4,8,11-15H2,1-2H3,(H2,21,22,23). The van der Waals surface area contributed by atoms with Crippen LogP contribution in [0.4, 0.5) is 0 Å². The molecule has 142 valence electrons. The monoisotopic (exact) mass is 357 g/mol. The maximum Gasteiger partial charge on any atom is 0.190 e. The van der Waals surface area contributed by atoms with Gasteiger partial charge in [-0.3, -0.25) is 4.99 Å². The quantitative estimate of drug-likeness (QED) is 0.369. The highest BCUT2D eigenvalue weighted by Gasteiger charge is 2.02. The van der Waals surface area contributed by atoms with Crippen molar-refractivity contribution in [1.29, 1.82) is 0 Å². The molecule has 26 heavy (non-hydrogen) atoms. The molecular formula is C20H31N5O. The van der Waals surface area contributed by atoms with E-state index in [1.807, 2.05) is 41.2 Å². The Hall–Kier alpha value is -2.34. The minimum atomic E-state index is 0.794. The van der Waals surface area contributed by atoms with Gasteiger partial charge < -0.3 is 15.4 Å². The fourth-order valence-corrected chi connectivity index (χ4v) is 2.49. The zero-order valence-electron chi connectivity index (χ0n) is 15.9. The van der Waals surface area contributed by atoms with E-state index in [0.29, 0.717) is 0 Å². The largest absolute Gasteiger partial charge is 0.381 e. The van der Waals surface area contributed by atoms with Gasteiger partial charge in [-0.05, 0) is 37.0 Å². The summed E-state index contributed by atoms with van der Waals surface area (Å²) in [5, 5.41) is 11.1. The first-order valence-electron chi connectivity index (χ1n) is 9.44. The lowest BCUT2D eigenvalue weighted by atomic mass is 10.2. The van der Waals surface area contributed by atoms with E-state index >= 15 is 0 Å². The Kier molecular flexibility index (Phi) is 9.29. The van der Waals surface area contributed by atoms with Gasteiger partial charge in [0.2, 0.25) is 0 Å². The maximum absolute atomic E-state index is 5.56. The highest BCUT2D eigenvalue weighted by Crippen LogP contribution is 2.07. The second kappa shape index (κ2) is 12.1.